The van der Waals surface area contributed by atoms with Gasteiger partial charge in [0.2, 0.25) is 5.75 Å². The van der Waals surface area contributed by atoms with Crippen LogP contribution >= 0.6 is 0 Å². The first-order valence-electron chi connectivity index (χ1n) is 5.48. The van der Waals surface area contributed by atoms with Crippen molar-refractivity contribution in [1.82, 2.24) is 0 Å². The van der Waals surface area contributed by atoms with E-state index in [1.165, 1.54) is 14.2 Å². The lowest BCUT2D eigenvalue weighted by Crippen LogP contribution is -2.19. The molecule has 17 heavy (non-hydrogen) atoms. The van der Waals surface area contributed by atoms with Gasteiger partial charge in [0.05, 0.1) is 14.2 Å². The number of aromatic hydroxyl groups is 1. The Kier molecular flexibility index (Phi) is 4.23. The van der Waals surface area contributed by atoms with E-state index in [0.29, 0.717) is 17.9 Å². The SMILES string of the molecule is COc1cc(CC(C)(C)CO)cc(OC)c1O. The van der Waals surface area contributed by atoms with Crippen LogP contribution in [0, 0.1) is 5.41 Å². The highest BCUT2D eigenvalue weighted by molar-refractivity contribution is 5.52. The number of phenolic OH excluding ortho intramolecular Hbond substituents is 1. The molecular formula is C13H20O4. The molecule has 1 aromatic rings. The standard InChI is InChI=1S/C13H20O4/c1-13(2,8-14)7-9-5-10(16-3)12(15)11(6-9)17-4/h5-6,14-15H,7-8H2,1-4H3. The highest BCUT2D eigenvalue weighted by Gasteiger charge is 2.19. The van der Waals surface area contributed by atoms with Gasteiger partial charge in [-0.1, -0.05) is 13.8 Å². The van der Waals surface area contributed by atoms with Crippen LogP contribution in [-0.2, 0) is 6.42 Å². The van der Waals surface area contributed by atoms with Crippen molar-refractivity contribution >= 4 is 0 Å². The van der Waals surface area contributed by atoms with Gasteiger partial charge in [-0.15, -0.1) is 0 Å². The predicted octanol–water partition coefficient (Wildman–Crippen LogP) is 1.97. The van der Waals surface area contributed by atoms with Crippen molar-refractivity contribution in [3.63, 3.8) is 0 Å². The lowest BCUT2D eigenvalue weighted by Gasteiger charge is -2.22. The second kappa shape index (κ2) is 5.27. The van der Waals surface area contributed by atoms with E-state index in [1.54, 1.807) is 12.1 Å². The van der Waals surface area contributed by atoms with Crippen LogP contribution in [0.5, 0.6) is 17.2 Å². The average molecular weight is 240 g/mol. The largest absolute Gasteiger partial charge is 0.502 e. The van der Waals surface area contributed by atoms with Crippen LogP contribution in [0.4, 0.5) is 0 Å². The number of benzene rings is 1. The Hall–Kier alpha value is -1.42. The molecule has 0 spiro atoms. The number of hydrogen-bond donors (Lipinski definition) is 2. The van der Waals surface area contributed by atoms with E-state index < -0.39 is 0 Å². The second-order valence-corrected chi connectivity index (χ2v) is 4.85. The maximum absolute atomic E-state index is 9.77. The minimum Gasteiger partial charge on any atom is -0.502 e. The normalized spacial score (nSPS) is 11.4. The van der Waals surface area contributed by atoms with Gasteiger partial charge in [0.1, 0.15) is 0 Å². The topological polar surface area (TPSA) is 58.9 Å². The van der Waals surface area contributed by atoms with Crippen molar-refractivity contribution in [3.05, 3.63) is 17.7 Å². The number of ether oxygens (including phenoxy) is 2. The molecule has 2 N–H and O–H groups in total. The zero-order chi connectivity index (χ0) is 13.1. The number of methoxy groups -OCH3 is 2. The van der Waals surface area contributed by atoms with Crippen molar-refractivity contribution in [2.75, 3.05) is 20.8 Å². The first-order chi connectivity index (χ1) is 7.93. The van der Waals surface area contributed by atoms with E-state index in [0.717, 1.165) is 5.56 Å². The molecule has 96 valence electrons. The molecule has 1 rings (SSSR count). The minimum atomic E-state index is -0.215. The Morgan fingerprint density at radius 3 is 1.94 bits per heavy atom. The zero-order valence-electron chi connectivity index (χ0n) is 10.8. The Balaban J connectivity index is 3.09. The van der Waals surface area contributed by atoms with Crippen LogP contribution in [0.2, 0.25) is 0 Å². The van der Waals surface area contributed by atoms with Gasteiger partial charge >= 0.3 is 0 Å². The van der Waals surface area contributed by atoms with Gasteiger partial charge < -0.3 is 19.7 Å². The minimum absolute atomic E-state index is 0.000514. The monoisotopic (exact) mass is 240 g/mol. The Morgan fingerprint density at radius 2 is 1.59 bits per heavy atom. The molecule has 0 heterocycles. The van der Waals surface area contributed by atoms with Crippen molar-refractivity contribution in [2.24, 2.45) is 5.41 Å². The van der Waals surface area contributed by atoms with E-state index >= 15 is 0 Å². The molecule has 0 radical (unpaired) electrons. The van der Waals surface area contributed by atoms with E-state index in [-0.39, 0.29) is 17.8 Å². The fraction of sp³-hybridized carbons (Fsp3) is 0.538. The van der Waals surface area contributed by atoms with Crippen LogP contribution in [0.1, 0.15) is 19.4 Å². The van der Waals surface area contributed by atoms with Gasteiger partial charge in [-0.25, -0.2) is 0 Å². The van der Waals surface area contributed by atoms with E-state index in [2.05, 4.69) is 0 Å². The highest BCUT2D eigenvalue weighted by Crippen LogP contribution is 2.38. The summed E-state index contributed by atoms with van der Waals surface area (Å²) in [6, 6.07) is 3.52. The Bertz CT molecular complexity index is 360. The summed E-state index contributed by atoms with van der Waals surface area (Å²) in [5, 5.41) is 19.0. The summed E-state index contributed by atoms with van der Waals surface area (Å²) in [5.74, 6) is 0.765. The molecular weight excluding hydrogens is 220 g/mol. The maximum Gasteiger partial charge on any atom is 0.200 e. The van der Waals surface area contributed by atoms with E-state index in [1.807, 2.05) is 13.8 Å². The third kappa shape index (κ3) is 3.27. The van der Waals surface area contributed by atoms with Crippen molar-refractivity contribution in [2.45, 2.75) is 20.3 Å². The first kappa shape index (κ1) is 13.6. The number of phenols is 1. The molecule has 4 heteroatoms. The lowest BCUT2D eigenvalue weighted by molar-refractivity contribution is 0.159. The molecule has 4 nitrogen and oxygen atoms in total. The molecule has 0 aromatic heterocycles. The van der Waals surface area contributed by atoms with Crippen molar-refractivity contribution in [1.29, 1.82) is 0 Å². The molecule has 0 bridgehead atoms. The summed E-state index contributed by atoms with van der Waals surface area (Å²) in [7, 11) is 2.99. The van der Waals surface area contributed by atoms with Crippen LogP contribution in [0.25, 0.3) is 0 Å². The second-order valence-electron chi connectivity index (χ2n) is 4.85. The summed E-state index contributed by atoms with van der Waals surface area (Å²) in [6.45, 7) is 4.04. The van der Waals surface area contributed by atoms with Gasteiger partial charge in [0.25, 0.3) is 0 Å². The summed E-state index contributed by atoms with van der Waals surface area (Å²) in [6.07, 6.45) is 0.677. The van der Waals surface area contributed by atoms with Crippen LogP contribution in [0.3, 0.4) is 0 Å². The number of aliphatic hydroxyl groups excluding tert-OH is 1. The maximum atomic E-state index is 9.77. The van der Waals surface area contributed by atoms with Gasteiger partial charge in [-0.3, -0.25) is 0 Å². The summed E-state index contributed by atoms with van der Waals surface area (Å²) >= 11 is 0. The Labute approximate surface area is 102 Å². The third-order valence-electron chi connectivity index (χ3n) is 2.65. The quantitative estimate of drug-likeness (QED) is 0.826. The predicted molar refractivity (Wildman–Crippen MR) is 65.8 cm³/mol. The molecule has 0 aliphatic carbocycles. The molecule has 0 unspecified atom stereocenters. The highest BCUT2D eigenvalue weighted by atomic mass is 16.5. The van der Waals surface area contributed by atoms with E-state index in [4.69, 9.17) is 9.47 Å². The molecule has 0 amide bonds. The van der Waals surface area contributed by atoms with Crippen LogP contribution in [-0.4, -0.2) is 31.0 Å². The van der Waals surface area contributed by atoms with E-state index in [9.17, 15) is 10.2 Å². The summed E-state index contributed by atoms with van der Waals surface area (Å²) in [5.41, 5.74) is 0.739. The first-order valence-corrected chi connectivity index (χ1v) is 5.48. The average Bonchev–Trinajstić information content (AvgIpc) is 2.30. The smallest absolute Gasteiger partial charge is 0.200 e. The summed E-state index contributed by atoms with van der Waals surface area (Å²) in [4.78, 5) is 0. The fourth-order valence-electron chi connectivity index (χ4n) is 1.66. The van der Waals surface area contributed by atoms with Gasteiger partial charge in [-0.05, 0) is 29.5 Å². The van der Waals surface area contributed by atoms with Gasteiger partial charge in [0.15, 0.2) is 11.5 Å². The van der Waals surface area contributed by atoms with Crippen molar-refractivity contribution < 1.29 is 19.7 Å². The number of aliphatic hydroxyl groups is 1. The van der Waals surface area contributed by atoms with Gasteiger partial charge in [-0.2, -0.15) is 0 Å². The molecule has 0 atom stereocenters. The number of rotatable bonds is 5. The zero-order valence-corrected chi connectivity index (χ0v) is 10.8. The molecule has 0 saturated heterocycles. The molecule has 1 aromatic carbocycles. The molecule has 0 fully saturated rings. The lowest BCUT2D eigenvalue weighted by atomic mass is 9.86. The molecule has 0 saturated carbocycles. The van der Waals surface area contributed by atoms with Crippen molar-refractivity contribution in [3.8, 4) is 17.2 Å². The summed E-state index contributed by atoms with van der Waals surface area (Å²) < 4.78 is 10.2. The van der Waals surface area contributed by atoms with Crippen LogP contribution < -0.4 is 9.47 Å². The Morgan fingerprint density at radius 1 is 1.12 bits per heavy atom. The third-order valence-corrected chi connectivity index (χ3v) is 2.65. The van der Waals surface area contributed by atoms with Crippen LogP contribution in [0.15, 0.2) is 12.1 Å². The number of hydrogen-bond acceptors (Lipinski definition) is 4. The molecule has 0 aliphatic rings. The molecule has 0 aliphatic heterocycles. The van der Waals surface area contributed by atoms with Gasteiger partial charge in [0, 0.05) is 6.61 Å². The fourth-order valence-corrected chi connectivity index (χ4v) is 1.66.